The van der Waals surface area contributed by atoms with Crippen molar-refractivity contribution in [3.8, 4) is 6.07 Å². The van der Waals surface area contributed by atoms with E-state index in [0.717, 1.165) is 0 Å². The highest BCUT2D eigenvalue weighted by molar-refractivity contribution is 7.89. The Labute approximate surface area is 108 Å². The van der Waals surface area contributed by atoms with Crippen molar-refractivity contribution in [2.75, 3.05) is 19.3 Å². The summed E-state index contributed by atoms with van der Waals surface area (Å²) in [7, 11) is -2.13. The van der Waals surface area contributed by atoms with Crippen LogP contribution in [0.25, 0.3) is 0 Å². The van der Waals surface area contributed by atoms with Crippen molar-refractivity contribution in [3.63, 3.8) is 0 Å². The van der Waals surface area contributed by atoms with Crippen LogP contribution in [0.4, 0.5) is 5.69 Å². The Hall–Kier alpha value is -1.58. The van der Waals surface area contributed by atoms with Gasteiger partial charge in [-0.15, -0.1) is 0 Å². The van der Waals surface area contributed by atoms with Gasteiger partial charge in [0, 0.05) is 19.3 Å². The van der Waals surface area contributed by atoms with Crippen LogP contribution in [0.3, 0.4) is 0 Å². The number of nitriles is 1. The standard InChI is InChI=1S/C12H17N3O2S/c1-9(2)8-15(3)18(16,17)12-5-4-11(14)6-10(12)7-13/h4-6,9H,8,14H2,1-3H3. The van der Waals surface area contributed by atoms with E-state index in [-0.39, 0.29) is 16.4 Å². The maximum Gasteiger partial charge on any atom is 0.244 e. The van der Waals surface area contributed by atoms with Crippen LogP contribution in [0.2, 0.25) is 0 Å². The second-order valence-corrected chi connectivity index (χ2v) is 6.56. The monoisotopic (exact) mass is 267 g/mol. The van der Waals surface area contributed by atoms with E-state index in [1.807, 2.05) is 19.9 Å². The number of sulfonamides is 1. The fraction of sp³-hybridized carbons (Fsp3) is 0.417. The number of benzene rings is 1. The van der Waals surface area contributed by atoms with Crippen LogP contribution in [0.15, 0.2) is 23.1 Å². The Morgan fingerprint density at radius 3 is 2.56 bits per heavy atom. The fourth-order valence-corrected chi connectivity index (χ4v) is 3.09. The van der Waals surface area contributed by atoms with E-state index in [0.29, 0.717) is 12.2 Å². The summed E-state index contributed by atoms with van der Waals surface area (Å²) >= 11 is 0. The van der Waals surface area contributed by atoms with Crippen molar-refractivity contribution in [2.45, 2.75) is 18.7 Å². The molecule has 1 aromatic carbocycles. The van der Waals surface area contributed by atoms with Gasteiger partial charge < -0.3 is 5.73 Å². The molecule has 0 atom stereocenters. The maximum absolute atomic E-state index is 12.3. The molecule has 0 aliphatic heterocycles. The SMILES string of the molecule is CC(C)CN(C)S(=O)(=O)c1ccc(N)cc1C#N. The highest BCUT2D eigenvalue weighted by atomic mass is 32.2. The lowest BCUT2D eigenvalue weighted by molar-refractivity contribution is 0.417. The first-order valence-electron chi connectivity index (χ1n) is 5.55. The molecule has 6 heteroatoms. The number of hydrogen-bond donors (Lipinski definition) is 1. The number of nitrogens with zero attached hydrogens (tertiary/aromatic N) is 2. The summed E-state index contributed by atoms with van der Waals surface area (Å²) in [6.07, 6.45) is 0. The average Bonchev–Trinajstić information content (AvgIpc) is 2.27. The van der Waals surface area contributed by atoms with Crippen molar-refractivity contribution < 1.29 is 8.42 Å². The smallest absolute Gasteiger partial charge is 0.244 e. The van der Waals surface area contributed by atoms with Crippen LogP contribution in [-0.4, -0.2) is 26.3 Å². The number of anilines is 1. The van der Waals surface area contributed by atoms with Crippen LogP contribution in [-0.2, 0) is 10.0 Å². The first kappa shape index (κ1) is 14.5. The highest BCUT2D eigenvalue weighted by Gasteiger charge is 2.24. The molecule has 0 aliphatic carbocycles. The lowest BCUT2D eigenvalue weighted by atomic mass is 10.2. The molecule has 0 saturated heterocycles. The van der Waals surface area contributed by atoms with Gasteiger partial charge in [0.1, 0.15) is 11.0 Å². The summed E-state index contributed by atoms with van der Waals surface area (Å²) in [6.45, 7) is 4.26. The fourth-order valence-electron chi connectivity index (χ4n) is 1.64. The first-order valence-corrected chi connectivity index (χ1v) is 6.99. The molecule has 0 spiro atoms. The lowest BCUT2D eigenvalue weighted by Crippen LogP contribution is -2.30. The minimum atomic E-state index is -3.64. The van der Waals surface area contributed by atoms with Gasteiger partial charge in [0.2, 0.25) is 10.0 Å². The number of nitrogens with two attached hydrogens (primary N) is 1. The van der Waals surface area contributed by atoms with Gasteiger partial charge in [0.15, 0.2) is 0 Å². The first-order chi connectivity index (χ1) is 8.28. The summed E-state index contributed by atoms with van der Waals surface area (Å²) < 4.78 is 25.8. The molecule has 5 nitrogen and oxygen atoms in total. The van der Waals surface area contributed by atoms with Gasteiger partial charge in [-0.2, -0.15) is 5.26 Å². The van der Waals surface area contributed by atoms with Gasteiger partial charge in [-0.05, 0) is 24.1 Å². The Balaban J connectivity index is 3.25. The second kappa shape index (κ2) is 5.38. The second-order valence-electron chi connectivity index (χ2n) is 4.55. The molecule has 18 heavy (non-hydrogen) atoms. The molecule has 0 amide bonds. The Bertz CT molecular complexity index is 573. The molecule has 98 valence electrons. The minimum absolute atomic E-state index is 0.00218. The van der Waals surface area contributed by atoms with Crippen LogP contribution >= 0.6 is 0 Å². The molecule has 1 rings (SSSR count). The molecule has 0 saturated carbocycles. The summed E-state index contributed by atoms with van der Waals surface area (Å²) in [6, 6.07) is 6.09. The van der Waals surface area contributed by atoms with Crippen LogP contribution in [0.1, 0.15) is 19.4 Å². The van der Waals surface area contributed by atoms with Crippen molar-refractivity contribution >= 4 is 15.7 Å². The normalized spacial score (nSPS) is 11.8. The lowest BCUT2D eigenvalue weighted by Gasteiger charge is -2.19. The molecule has 0 heterocycles. The van der Waals surface area contributed by atoms with Crippen molar-refractivity contribution in [1.29, 1.82) is 5.26 Å². The molecule has 0 unspecified atom stereocenters. The van der Waals surface area contributed by atoms with Gasteiger partial charge in [-0.1, -0.05) is 13.8 Å². The number of nitrogen functional groups attached to an aromatic ring is 1. The third-order valence-corrected chi connectivity index (χ3v) is 4.32. The van der Waals surface area contributed by atoms with Crippen molar-refractivity contribution in [2.24, 2.45) is 5.92 Å². The van der Waals surface area contributed by atoms with E-state index in [4.69, 9.17) is 11.0 Å². The third-order valence-electron chi connectivity index (χ3n) is 2.43. The predicted molar refractivity (Wildman–Crippen MR) is 70.2 cm³/mol. The molecular formula is C12H17N3O2S. The molecule has 2 N–H and O–H groups in total. The van der Waals surface area contributed by atoms with Gasteiger partial charge >= 0.3 is 0 Å². The number of rotatable bonds is 4. The number of hydrogen-bond acceptors (Lipinski definition) is 4. The van der Waals surface area contributed by atoms with E-state index in [2.05, 4.69) is 0 Å². The Morgan fingerprint density at radius 2 is 2.06 bits per heavy atom. The molecule has 0 aromatic heterocycles. The molecule has 0 bridgehead atoms. The summed E-state index contributed by atoms with van der Waals surface area (Å²) in [5, 5.41) is 8.98. The quantitative estimate of drug-likeness (QED) is 0.836. The summed E-state index contributed by atoms with van der Waals surface area (Å²) in [5.74, 6) is 0.212. The van der Waals surface area contributed by atoms with Crippen molar-refractivity contribution in [1.82, 2.24) is 4.31 Å². The Morgan fingerprint density at radius 1 is 1.44 bits per heavy atom. The van der Waals surface area contributed by atoms with E-state index in [1.165, 1.54) is 29.6 Å². The maximum atomic E-state index is 12.3. The van der Waals surface area contributed by atoms with Gasteiger partial charge in [-0.3, -0.25) is 0 Å². The summed E-state index contributed by atoms with van der Waals surface area (Å²) in [5.41, 5.74) is 5.99. The molecular weight excluding hydrogens is 250 g/mol. The van der Waals surface area contributed by atoms with Gasteiger partial charge in [-0.25, -0.2) is 12.7 Å². The minimum Gasteiger partial charge on any atom is -0.399 e. The highest BCUT2D eigenvalue weighted by Crippen LogP contribution is 2.21. The van der Waals surface area contributed by atoms with Gasteiger partial charge in [0.05, 0.1) is 5.56 Å². The van der Waals surface area contributed by atoms with E-state index in [9.17, 15) is 8.42 Å². The average molecular weight is 267 g/mol. The predicted octanol–water partition coefficient (Wildman–Crippen LogP) is 1.42. The zero-order chi connectivity index (χ0) is 13.9. The van der Waals surface area contributed by atoms with Crippen LogP contribution in [0, 0.1) is 17.2 Å². The largest absolute Gasteiger partial charge is 0.399 e. The van der Waals surface area contributed by atoms with Crippen LogP contribution in [0.5, 0.6) is 0 Å². The molecule has 0 radical (unpaired) electrons. The summed E-state index contributed by atoms with van der Waals surface area (Å²) in [4.78, 5) is 0.00218. The van der Waals surface area contributed by atoms with Crippen molar-refractivity contribution in [3.05, 3.63) is 23.8 Å². The van der Waals surface area contributed by atoms with E-state index in [1.54, 1.807) is 0 Å². The zero-order valence-corrected chi connectivity index (χ0v) is 11.5. The third kappa shape index (κ3) is 3.00. The van der Waals surface area contributed by atoms with E-state index >= 15 is 0 Å². The molecule has 1 aromatic rings. The van der Waals surface area contributed by atoms with Crippen LogP contribution < -0.4 is 5.73 Å². The molecule has 0 fully saturated rings. The molecule has 0 aliphatic rings. The topological polar surface area (TPSA) is 87.2 Å². The Kier molecular flexibility index (Phi) is 4.33. The van der Waals surface area contributed by atoms with Gasteiger partial charge in [0.25, 0.3) is 0 Å². The van der Waals surface area contributed by atoms with E-state index < -0.39 is 10.0 Å². The zero-order valence-electron chi connectivity index (χ0n) is 10.7.